The smallest absolute Gasteiger partial charge is 0.269 e. The van der Waals surface area contributed by atoms with Crippen LogP contribution in [0.3, 0.4) is 0 Å². The van der Waals surface area contributed by atoms with Gasteiger partial charge in [0.1, 0.15) is 17.3 Å². The van der Waals surface area contributed by atoms with Crippen LogP contribution in [0.1, 0.15) is 156 Å². The maximum absolute atomic E-state index is 10.5. The molecule has 5 nitrogen and oxygen atoms in total. The minimum atomic E-state index is -4.67. The lowest BCUT2D eigenvalue weighted by molar-refractivity contribution is -0.571. The lowest BCUT2D eigenvalue weighted by Gasteiger charge is -2.42. The van der Waals surface area contributed by atoms with Crippen LogP contribution in [-0.2, 0) is 21.7 Å². The zero-order valence-corrected chi connectivity index (χ0v) is 46.2. The first-order valence-corrected chi connectivity index (χ1v) is 26.9. The number of hydrogen-bond acceptors (Lipinski definition) is 2. The fraction of sp³-hybridized carbons (Fsp3) is 0.231. The summed E-state index contributed by atoms with van der Waals surface area (Å²) in [6.07, 6.45) is -4.70. The summed E-state index contributed by atoms with van der Waals surface area (Å²) in [5.74, 6) is 0.525. The van der Waals surface area contributed by atoms with Gasteiger partial charge in [0.25, 0.3) is 6.33 Å². The van der Waals surface area contributed by atoms with Gasteiger partial charge in [-0.1, -0.05) is 220 Å². The molecule has 3 heterocycles. The second-order valence-corrected chi connectivity index (χ2v) is 23.0. The monoisotopic (exact) mass is 1110 g/mol. The molecule has 0 bridgehead atoms. The summed E-state index contributed by atoms with van der Waals surface area (Å²) in [6.45, 7) is -11.7. The number of imidazole rings is 1. The number of para-hydroxylation sites is 1. The topological polar surface area (TPSA) is 35.9 Å². The number of aryl methyl sites for hydroxylation is 2. The highest BCUT2D eigenvalue weighted by atomic mass is 16.5. The number of aromatic nitrogens is 4. The van der Waals surface area contributed by atoms with E-state index >= 15 is 0 Å². The molecule has 0 radical (unpaired) electrons. The van der Waals surface area contributed by atoms with E-state index in [9.17, 15) is 9.60 Å². The van der Waals surface area contributed by atoms with Gasteiger partial charge in [-0.25, -0.2) is 4.98 Å². The van der Waals surface area contributed by atoms with Gasteiger partial charge in [-0.05, 0) is 163 Å². The fourth-order valence-corrected chi connectivity index (χ4v) is 10.9. The minimum Gasteiger partial charge on any atom is -0.458 e. The minimum absolute atomic E-state index is 0.0199. The van der Waals surface area contributed by atoms with Crippen LogP contribution in [0.5, 0.6) is 11.5 Å². The van der Waals surface area contributed by atoms with Crippen molar-refractivity contribution in [2.24, 2.45) is 0 Å². The molecule has 0 N–H and O–H groups in total. The van der Waals surface area contributed by atoms with Crippen molar-refractivity contribution in [2.45, 2.75) is 117 Å². The van der Waals surface area contributed by atoms with Gasteiger partial charge in [-0.15, -0.1) is 0 Å². The predicted molar refractivity (Wildman–Crippen MR) is 346 cm³/mol. The van der Waals surface area contributed by atoms with Gasteiger partial charge >= 0.3 is 0 Å². The average Bonchev–Trinajstić information content (AvgIpc) is 1.06. The number of fused-ring (bicyclic) bond motifs is 5. The predicted octanol–water partition coefficient (Wildman–Crippen LogP) is 20.2. The molecule has 0 amide bonds. The Morgan fingerprint density at radius 1 is 0.566 bits per heavy atom. The quantitative estimate of drug-likeness (QED) is 0.107. The molecule has 12 aromatic rings. The molecule has 0 fully saturated rings. The molecule has 1 aliphatic carbocycles. The second kappa shape index (κ2) is 20.0. The molecular weight excluding hydrogens is 1010 g/mol. The summed E-state index contributed by atoms with van der Waals surface area (Å²) in [6, 6.07) is 35.0. The molecule has 0 saturated carbocycles. The number of ether oxygens (including phenoxy) is 1. The molecule has 0 atom stereocenters. The van der Waals surface area contributed by atoms with Crippen LogP contribution in [0.15, 0.2) is 206 Å². The standard InChI is InChI=1S/C78H74N4O/c1-50-40-64(55-22-18-23-58(43-55)76(6,7)8)74(65(41-50)56-30-36-67-68(44-56)78(11,12)39-38-77(67,9)10)81-49-80(72-45-54(31-37-70(72)81)52-28-32-57(33-29-52)75(3,4)5)59-24-19-25-60(46-59)83-61-34-35-63-62-26-16-17-27-69(62)82(71(63)47-61)73-42-51(2)66(48-79-73)53-20-14-13-15-21-53/h13-37,40-48H,38-39H2,1-12H3/i1D3,2D3,9D3,10D3,11D3,12D3,13D,14D,15D,20D,21D,30D,36D,38D2,39D2,44D. The number of nitrogens with zero attached hydrogens (tertiary/aromatic N) is 4. The van der Waals surface area contributed by atoms with Crippen molar-refractivity contribution in [2.75, 3.05) is 0 Å². The van der Waals surface area contributed by atoms with Crippen molar-refractivity contribution in [1.82, 2.24) is 14.1 Å². The highest BCUT2D eigenvalue weighted by Gasteiger charge is 2.37. The number of pyridine rings is 1. The van der Waals surface area contributed by atoms with Crippen molar-refractivity contribution < 1.29 is 50.4 Å². The zero-order chi connectivity index (χ0) is 83.3. The van der Waals surface area contributed by atoms with Crippen molar-refractivity contribution in [3.05, 3.63) is 246 Å². The number of hydrogen-bond donors (Lipinski definition) is 0. The largest absolute Gasteiger partial charge is 0.458 e. The molecule has 13 rings (SSSR count). The maximum Gasteiger partial charge on any atom is 0.269 e. The third-order valence-corrected chi connectivity index (χ3v) is 15.2. The van der Waals surface area contributed by atoms with Gasteiger partial charge in [-0.2, -0.15) is 0 Å². The highest BCUT2D eigenvalue weighted by molar-refractivity contribution is 6.09. The maximum atomic E-state index is 10.5. The van der Waals surface area contributed by atoms with E-state index in [1.165, 1.54) is 22.9 Å². The molecular formula is C78H74N4O. The molecule has 1 aliphatic rings. The lowest BCUT2D eigenvalue weighted by atomic mass is 9.63. The summed E-state index contributed by atoms with van der Waals surface area (Å²) in [5.41, 5.74) is -11.3. The number of rotatable bonds is 9. The van der Waals surface area contributed by atoms with Crippen LogP contribution in [-0.4, -0.2) is 14.1 Å². The Labute approximate surface area is 532 Å². The van der Waals surface area contributed by atoms with Crippen molar-refractivity contribution in [1.29, 1.82) is 0 Å². The van der Waals surface area contributed by atoms with E-state index in [-0.39, 0.29) is 61.8 Å². The van der Waals surface area contributed by atoms with Crippen LogP contribution in [0.4, 0.5) is 0 Å². The van der Waals surface area contributed by atoms with Crippen LogP contribution < -0.4 is 9.30 Å². The van der Waals surface area contributed by atoms with Crippen LogP contribution in [0.25, 0.3) is 94.5 Å². The molecule has 0 aliphatic heterocycles. The van der Waals surface area contributed by atoms with Crippen LogP contribution in [0.2, 0.25) is 0 Å². The molecule has 5 heteroatoms. The van der Waals surface area contributed by atoms with Gasteiger partial charge in [0.05, 0.1) is 44.4 Å². The Kier molecular flexibility index (Phi) is 7.09. The highest BCUT2D eigenvalue weighted by Crippen LogP contribution is 2.48. The molecule has 3 aromatic heterocycles. The first-order chi connectivity index (χ1) is 52.0. The van der Waals surface area contributed by atoms with Gasteiger partial charge < -0.3 is 4.74 Å². The van der Waals surface area contributed by atoms with Gasteiger partial charge in [0.2, 0.25) is 0 Å². The normalized spacial score (nSPS) is 21.5. The van der Waals surface area contributed by atoms with Gasteiger partial charge in [0.15, 0.2) is 0 Å². The third-order valence-electron chi connectivity index (χ3n) is 15.2. The Bertz CT molecular complexity index is 5840. The molecule has 0 unspecified atom stereocenters. The Hall–Kier alpha value is -8.80. The van der Waals surface area contributed by atoms with E-state index in [0.717, 1.165) is 22.6 Å². The van der Waals surface area contributed by atoms with Crippen LogP contribution in [0, 0.1) is 20.0 Å². The molecule has 0 spiro atoms. The second-order valence-electron chi connectivity index (χ2n) is 23.0. The molecule has 9 aromatic carbocycles. The third kappa shape index (κ3) is 9.74. The van der Waals surface area contributed by atoms with Gasteiger partial charge in [0, 0.05) is 58.8 Å². The fourth-order valence-electron chi connectivity index (χ4n) is 10.9. The Morgan fingerprint density at radius 3 is 2.05 bits per heavy atom. The van der Waals surface area contributed by atoms with Crippen LogP contribution >= 0.6 is 0 Å². The summed E-state index contributed by atoms with van der Waals surface area (Å²) in [7, 11) is 0. The SMILES string of the molecule is [2H]c1c([2H])c([2H])c(-c2cnc(-n3c4ccccc4c4ccc(Oc5cccc(-n6[c-][n+](-c7c(-c8cccc(C(C)(C)C)c8)cc(C([2H])([2H])[2H])cc7-c7c([2H])c([2H])c8c(c7[2H])C(C([2H])([2H])[2H])(C([2H])([2H])[2H])C([2H])([2H])C([2H])([2H])C8(C([2H])([2H])[2H])C([2H])([2H])[2H])c7ccc(-c8ccc(C(C)(C)C)cc8)cc76)c5)cc43)cc2C([2H])([2H])[2H])c([2H])c1[2H]. The summed E-state index contributed by atoms with van der Waals surface area (Å²) in [5, 5.41) is 1.39. The summed E-state index contributed by atoms with van der Waals surface area (Å²) in [4.78, 5) is 4.71. The van der Waals surface area contributed by atoms with E-state index in [1.54, 1.807) is 94.1 Å². The first kappa shape index (κ1) is 29.4. The lowest BCUT2D eigenvalue weighted by Crippen LogP contribution is -2.34. The molecule has 412 valence electrons. The number of benzene rings is 9. The molecule has 0 saturated heterocycles. The van der Waals surface area contributed by atoms with Crippen molar-refractivity contribution in [3.8, 4) is 73.2 Å². The molecule has 83 heavy (non-hydrogen) atoms. The zero-order valence-electron chi connectivity index (χ0n) is 76.2. The van der Waals surface area contributed by atoms with Crippen molar-refractivity contribution in [3.63, 3.8) is 0 Å². The van der Waals surface area contributed by atoms with E-state index in [2.05, 4.69) is 27.1 Å². The van der Waals surface area contributed by atoms with E-state index in [1.807, 2.05) is 69.3 Å². The Balaban J connectivity index is 1.10. The van der Waals surface area contributed by atoms with Gasteiger partial charge in [-0.3, -0.25) is 13.7 Å². The summed E-state index contributed by atoms with van der Waals surface area (Å²) >= 11 is 0. The Morgan fingerprint density at radius 2 is 1.29 bits per heavy atom. The first-order valence-electron chi connectivity index (χ1n) is 41.9. The summed E-state index contributed by atoms with van der Waals surface area (Å²) < 4.78 is 285. The van der Waals surface area contributed by atoms with E-state index in [0.29, 0.717) is 38.8 Å². The van der Waals surface area contributed by atoms with E-state index < -0.39 is 146 Å². The van der Waals surface area contributed by atoms with E-state index in [4.69, 9.17) is 41.2 Å². The van der Waals surface area contributed by atoms with Crippen molar-refractivity contribution >= 4 is 32.8 Å². The average molecular weight is 1110 g/mol.